The van der Waals surface area contributed by atoms with E-state index in [1.54, 1.807) is 19.2 Å². The maximum atomic E-state index is 11.7. The van der Waals surface area contributed by atoms with Crippen molar-refractivity contribution in [1.29, 1.82) is 0 Å². The van der Waals surface area contributed by atoms with E-state index in [9.17, 15) is 9.90 Å². The van der Waals surface area contributed by atoms with Crippen LogP contribution in [-0.4, -0.2) is 18.2 Å². The number of carboxylic acids is 1. The molecule has 1 aromatic rings. The van der Waals surface area contributed by atoms with Crippen molar-refractivity contribution in [2.24, 2.45) is 0 Å². The zero-order valence-corrected chi connectivity index (χ0v) is 11.2. The molecule has 0 atom stereocenters. The average Bonchev–Trinajstić information content (AvgIpc) is 2.39. The summed E-state index contributed by atoms with van der Waals surface area (Å²) in [4.78, 5) is 11.7. The maximum absolute atomic E-state index is 11.7. The highest BCUT2D eigenvalue weighted by Crippen LogP contribution is 2.41. The molecule has 18 heavy (non-hydrogen) atoms. The van der Waals surface area contributed by atoms with Crippen molar-refractivity contribution in [3.8, 4) is 5.75 Å². The fourth-order valence-electron chi connectivity index (χ4n) is 2.75. The number of rotatable bonds is 3. The van der Waals surface area contributed by atoms with Crippen molar-refractivity contribution in [3.63, 3.8) is 0 Å². The van der Waals surface area contributed by atoms with Gasteiger partial charge in [-0.1, -0.05) is 36.9 Å². The number of hydrogen-bond donors (Lipinski definition) is 1. The van der Waals surface area contributed by atoms with Crippen LogP contribution in [0.2, 0.25) is 5.02 Å². The van der Waals surface area contributed by atoms with Gasteiger partial charge in [-0.2, -0.15) is 0 Å². The molecule has 0 amide bonds. The molecule has 0 aromatic heterocycles. The van der Waals surface area contributed by atoms with E-state index in [0.29, 0.717) is 23.6 Å². The Morgan fingerprint density at radius 2 is 2.00 bits per heavy atom. The minimum Gasteiger partial charge on any atom is -0.495 e. The van der Waals surface area contributed by atoms with E-state index < -0.39 is 11.4 Å². The summed E-state index contributed by atoms with van der Waals surface area (Å²) in [7, 11) is 1.55. The van der Waals surface area contributed by atoms with Crippen LogP contribution in [-0.2, 0) is 10.2 Å². The van der Waals surface area contributed by atoms with Crippen molar-refractivity contribution in [1.82, 2.24) is 0 Å². The van der Waals surface area contributed by atoms with Crippen molar-refractivity contribution < 1.29 is 14.6 Å². The Balaban J connectivity index is 2.43. The lowest BCUT2D eigenvalue weighted by atomic mass is 9.69. The number of ether oxygens (including phenoxy) is 1. The second-order valence-corrected chi connectivity index (χ2v) is 5.20. The molecular formula is C14H17ClO3. The van der Waals surface area contributed by atoms with Gasteiger partial charge in [-0.3, -0.25) is 4.79 Å². The smallest absolute Gasteiger partial charge is 0.314 e. The molecule has 1 saturated carbocycles. The summed E-state index contributed by atoms with van der Waals surface area (Å²) in [5.41, 5.74) is 0.0224. The molecule has 1 aliphatic rings. The summed E-state index contributed by atoms with van der Waals surface area (Å²) < 4.78 is 5.10. The number of hydrogen-bond acceptors (Lipinski definition) is 2. The minimum atomic E-state index is -0.770. The number of carboxylic acid groups (broad SMARTS) is 1. The van der Waals surface area contributed by atoms with E-state index in [4.69, 9.17) is 16.3 Å². The molecule has 2 rings (SSSR count). The lowest BCUT2D eigenvalue weighted by Gasteiger charge is -2.33. The number of carbonyl (C=O) groups is 1. The summed E-state index contributed by atoms with van der Waals surface area (Å²) in [5, 5.41) is 10.1. The van der Waals surface area contributed by atoms with Gasteiger partial charge >= 0.3 is 5.97 Å². The van der Waals surface area contributed by atoms with Gasteiger partial charge in [0.25, 0.3) is 0 Å². The molecule has 0 saturated heterocycles. The molecule has 3 nitrogen and oxygen atoms in total. The summed E-state index contributed by atoms with van der Waals surface area (Å²) >= 11 is 6.10. The lowest BCUT2D eigenvalue weighted by Crippen LogP contribution is -2.37. The fourth-order valence-corrected chi connectivity index (χ4v) is 3.00. The zero-order chi connectivity index (χ0) is 13.2. The van der Waals surface area contributed by atoms with E-state index in [1.807, 2.05) is 6.07 Å². The first kappa shape index (κ1) is 13.2. The molecule has 98 valence electrons. The van der Waals surface area contributed by atoms with Crippen LogP contribution in [0.5, 0.6) is 5.75 Å². The second-order valence-electron chi connectivity index (χ2n) is 4.80. The van der Waals surface area contributed by atoms with Crippen molar-refractivity contribution >= 4 is 17.6 Å². The molecule has 0 spiro atoms. The van der Waals surface area contributed by atoms with E-state index in [-0.39, 0.29) is 0 Å². The van der Waals surface area contributed by atoms with Crippen molar-refractivity contribution in [2.75, 3.05) is 7.11 Å². The highest BCUT2D eigenvalue weighted by Gasteiger charge is 2.41. The van der Waals surface area contributed by atoms with Gasteiger partial charge in [-0.15, -0.1) is 0 Å². The first-order valence-corrected chi connectivity index (χ1v) is 6.55. The third kappa shape index (κ3) is 2.19. The van der Waals surface area contributed by atoms with E-state index in [2.05, 4.69) is 0 Å². The summed E-state index contributed by atoms with van der Waals surface area (Å²) in [5.74, 6) is -0.166. The Hall–Kier alpha value is -1.22. The Morgan fingerprint density at radius 3 is 2.50 bits per heavy atom. The molecule has 0 radical (unpaired) electrons. The Kier molecular flexibility index (Phi) is 3.81. The van der Waals surface area contributed by atoms with Gasteiger partial charge in [-0.05, 0) is 30.5 Å². The van der Waals surface area contributed by atoms with Crippen LogP contribution >= 0.6 is 11.6 Å². The summed E-state index contributed by atoms with van der Waals surface area (Å²) in [6, 6.07) is 5.31. The number of methoxy groups -OCH3 is 1. The predicted molar refractivity (Wildman–Crippen MR) is 70.4 cm³/mol. The molecule has 1 fully saturated rings. The van der Waals surface area contributed by atoms with Crippen LogP contribution in [0.4, 0.5) is 0 Å². The van der Waals surface area contributed by atoms with Crippen LogP contribution in [0, 0.1) is 0 Å². The lowest BCUT2D eigenvalue weighted by molar-refractivity contribution is -0.145. The molecule has 4 heteroatoms. The van der Waals surface area contributed by atoms with Crippen LogP contribution in [0.3, 0.4) is 0 Å². The number of benzene rings is 1. The van der Waals surface area contributed by atoms with Crippen molar-refractivity contribution in [3.05, 3.63) is 28.8 Å². The first-order chi connectivity index (χ1) is 8.60. The molecular weight excluding hydrogens is 252 g/mol. The SMILES string of the molecule is COc1ccc(C2(C(=O)O)CCCCC2)cc1Cl. The van der Waals surface area contributed by atoms with Crippen LogP contribution in [0.25, 0.3) is 0 Å². The number of halogens is 1. The van der Waals surface area contributed by atoms with Gasteiger partial charge in [0.15, 0.2) is 0 Å². The van der Waals surface area contributed by atoms with Crippen LogP contribution < -0.4 is 4.74 Å². The highest BCUT2D eigenvalue weighted by atomic mass is 35.5. The van der Waals surface area contributed by atoms with Gasteiger partial charge < -0.3 is 9.84 Å². The summed E-state index contributed by atoms with van der Waals surface area (Å²) in [6.07, 6.45) is 4.39. The highest BCUT2D eigenvalue weighted by molar-refractivity contribution is 6.32. The standard InChI is InChI=1S/C14H17ClO3/c1-18-12-6-5-10(9-11(12)15)14(13(16)17)7-3-2-4-8-14/h5-6,9H,2-4,7-8H2,1H3,(H,16,17). The second kappa shape index (κ2) is 5.19. The van der Waals surface area contributed by atoms with Crippen LogP contribution in [0.15, 0.2) is 18.2 Å². The van der Waals surface area contributed by atoms with Crippen molar-refractivity contribution in [2.45, 2.75) is 37.5 Å². The van der Waals surface area contributed by atoms with Gasteiger partial charge in [0.2, 0.25) is 0 Å². The quantitative estimate of drug-likeness (QED) is 0.910. The number of aliphatic carboxylic acids is 1. The largest absolute Gasteiger partial charge is 0.495 e. The fraction of sp³-hybridized carbons (Fsp3) is 0.500. The third-order valence-electron chi connectivity index (χ3n) is 3.82. The normalized spacial score (nSPS) is 18.3. The molecule has 0 unspecified atom stereocenters. The Bertz CT molecular complexity index is 450. The Morgan fingerprint density at radius 1 is 1.33 bits per heavy atom. The first-order valence-electron chi connectivity index (χ1n) is 6.17. The van der Waals surface area contributed by atoms with Gasteiger partial charge in [-0.25, -0.2) is 0 Å². The summed E-state index contributed by atoms with van der Waals surface area (Å²) in [6.45, 7) is 0. The maximum Gasteiger partial charge on any atom is 0.314 e. The van der Waals surface area contributed by atoms with Gasteiger partial charge in [0.1, 0.15) is 5.75 Å². The van der Waals surface area contributed by atoms with Gasteiger partial charge in [0, 0.05) is 0 Å². The molecule has 0 bridgehead atoms. The topological polar surface area (TPSA) is 46.5 Å². The molecule has 1 N–H and O–H groups in total. The van der Waals surface area contributed by atoms with Crippen LogP contribution in [0.1, 0.15) is 37.7 Å². The minimum absolute atomic E-state index is 0.473. The van der Waals surface area contributed by atoms with E-state index in [0.717, 1.165) is 24.8 Å². The zero-order valence-electron chi connectivity index (χ0n) is 10.4. The monoisotopic (exact) mass is 268 g/mol. The van der Waals surface area contributed by atoms with E-state index >= 15 is 0 Å². The average molecular weight is 269 g/mol. The molecule has 1 aliphatic carbocycles. The van der Waals surface area contributed by atoms with E-state index in [1.165, 1.54) is 0 Å². The predicted octanol–water partition coefficient (Wildman–Crippen LogP) is 3.64. The van der Waals surface area contributed by atoms with Gasteiger partial charge in [0.05, 0.1) is 17.5 Å². The Labute approximate surface area is 112 Å². The molecule has 0 aliphatic heterocycles. The third-order valence-corrected chi connectivity index (χ3v) is 4.12. The molecule has 0 heterocycles. The molecule has 1 aromatic carbocycles.